The molecule has 8 aromatic carbocycles. The van der Waals surface area contributed by atoms with Crippen LogP contribution in [0, 0.1) is 27.7 Å². The van der Waals surface area contributed by atoms with Gasteiger partial charge in [0.05, 0.1) is 0 Å². The highest BCUT2D eigenvalue weighted by Gasteiger charge is 2.15. The molecular formula is C54H46N2. The van der Waals surface area contributed by atoms with E-state index in [2.05, 4.69) is 244 Å². The molecule has 8 aromatic rings. The summed E-state index contributed by atoms with van der Waals surface area (Å²) in [6.45, 7) is 8.67. The van der Waals surface area contributed by atoms with E-state index in [-0.39, 0.29) is 0 Å². The number of hydrogen-bond donors (Lipinski definition) is 0. The molecule has 2 nitrogen and oxygen atoms in total. The molecular weight excluding hydrogens is 677 g/mol. The van der Waals surface area contributed by atoms with Crippen LogP contribution in [-0.2, 0) is 0 Å². The van der Waals surface area contributed by atoms with Gasteiger partial charge in [-0.05, 0) is 156 Å². The lowest BCUT2D eigenvalue weighted by Crippen LogP contribution is -2.11. The van der Waals surface area contributed by atoms with Crippen LogP contribution in [0.3, 0.4) is 0 Å². The summed E-state index contributed by atoms with van der Waals surface area (Å²) >= 11 is 0. The zero-order valence-corrected chi connectivity index (χ0v) is 32.5. The first-order chi connectivity index (χ1) is 27.4. The van der Waals surface area contributed by atoms with Gasteiger partial charge in [-0.15, -0.1) is 0 Å². The molecule has 0 saturated heterocycles. The summed E-state index contributed by atoms with van der Waals surface area (Å²) in [6.07, 6.45) is 4.37. The maximum Gasteiger partial charge on any atom is 0.0466 e. The molecule has 0 fully saturated rings. The van der Waals surface area contributed by atoms with Gasteiger partial charge >= 0.3 is 0 Å². The van der Waals surface area contributed by atoms with Gasteiger partial charge in [0.1, 0.15) is 0 Å². The van der Waals surface area contributed by atoms with Gasteiger partial charge < -0.3 is 9.80 Å². The summed E-state index contributed by atoms with van der Waals surface area (Å²) in [5, 5.41) is 0. The van der Waals surface area contributed by atoms with Crippen molar-refractivity contribution >= 4 is 46.3 Å². The third-order valence-electron chi connectivity index (χ3n) is 10.2. The first-order valence-corrected chi connectivity index (χ1v) is 19.3. The van der Waals surface area contributed by atoms with Crippen LogP contribution in [0.1, 0.15) is 33.4 Å². The van der Waals surface area contributed by atoms with Crippen LogP contribution in [0.2, 0.25) is 0 Å². The molecule has 8 rings (SSSR count). The van der Waals surface area contributed by atoms with Gasteiger partial charge in [-0.3, -0.25) is 0 Å². The molecule has 0 N–H and O–H groups in total. The Kier molecular flexibility index (Phi) is 10.5. The van der Waals surface area contributed by atoms with E-state index in [4.69, 9.17) is 0 Å². The van der Waals surface area contributed by atoms with Crippen LogP contribution < -0.4 is 9.80 Å². The van der Waals surface area contributed by atoms with E-state index in [1.807, 2.05) is 0 Å². The molecule has 0 spiro atoms. The maximum atomic E-state index is 2.37. The van der Waals surface area contributed by atoms with Gasteiger partial charge in [0, 0.05) is 34.1 Å². The summed E-state index contributed by atoms with van der Waals surface area (Å²) in [6, 6.07) is 69.9. The Hall–Kier alpha value is -6.90. The van der Waals surface area contributed by atoms with E-state index in [0.29, 0.717) is 0 Å². The van der Waals surface area contributed by atoms with E-state index in [1.165, 1.54) is 67.0 Å². The molecule has 2 heteroatoms. The van der Waals surface area contributed by atoms with Crippen LogP contribution >= 0.6 is 0 Å². The molecule has 0 aliphatic carbocycles. The highest BCUT2D eigenvalue weighted by Crippen LogP contribution is 2.38. The fraction of sp³-hybridized carbons (Fsp3) is 0.0741. The van der Waals surface area contributed by atoms with Crippen molar-refractivity contribution in [2.75, 3.05) is 9.80 Å². The van der Waals surface area contributed by atoms with Crippen molar-refractivity contribution in [3.63, 3.8) is 0 Å². The number of aryl methyl sites for hydroxylation is 4. The molecule has 0 aromatic heterocycles. The van der Waals surface area contributed by atoms with Crippen LogP contribution in [-0.4, -0.2) is 0 Å². The fourth-order valence-corrected chi connectivity index (χ4v) is 7.58. The first kappa shape index (κ1) is 36.1. The number of nitrogens with zero attached hydrogens (tertiary/aromatic N) is 2. The third kappa shape index (κ3) is 8.26. The molecule has 0 unspecified atom stereocenters. The van der Waals surface area contributed by atoms with Crippen LogP contribution in [0.4, 0.5) is 34.1 Å². The first-order valence-electron chi connectivity index (χ1n) is 19.3. The molecule has 0 atom stereocenters. The molecule has 0 amide bonds. The van der Waals surface area contributed by atoms with Crippen molar-refractivity contribution in [2.45, 2.75) is 27.7 Å². The maximum absolute atomic E-state index is 2.37. The summed E-state index contributed by atoms with van der Waals surface area (Å²) in [5.41, 5.74) is 19.0. The molecule has 272 valence electrons. The number of benzene rings is 8. The Balaban J connectivity index is 0.955. The number of rotatable bonds is 10. The average Bonchev–Trinajstić information content (AvgIpc) is 3.21. The molecule has 0 heterocycles. The van der Waals surface area contributed by atoms with Crippen molar-refractivity contribution in [1.29, 1.82) is 0 Å². The van der Waals surface area contributed by atoms with Crippen LogP contribution in [0.15, 0.2) is 194 Å². The van der Waals surface area contributed by atoms with Crippen molar-refractivity contribution in [2.24, 2.45) is 0 Å². The standard InChI is InChI=1S/C54H46N2/c1-39-33-40(2)36-53(35-39)56(54-37-41(3)34-42(4)38-54)52-31-27-48(28-32-52)46-23-19-44(20-24-46)16-15-43-17-21-45(22-18-43)47-25-29-51(30-26-47)55(49-11-7-5-8-12-49)50-13-9-6-10-14-50/h5-38H,1-4H3/b16-15+. The Morgan fingerprint density at radius 2 is 0.536 bits per heavy atom. The van der Waals surface area contributed by atoms with Crippen molar-refractivity contribution in [3.8, 4) is 22.3 Å². The van der Waals surface area contributed by atoms with Crippen molar-refractivity contribution in [3.05, 3.63) is 228 Å². The van der Waals surface area contributed by atoms with Crippen LogP contribution in [0.25, 0.3) is 34.4 Å². The Morgan fingerprint density at radius 3 is 0.857 bits per heavy atom. The predicted molar refractivity (Wildman–Crippen MR) is 241 cm³/mol. The van der Waals surface area contributed by atoms with E-state index in [1.54, 1.807) is 0 Å². The minimum absolute atomic E-state index is 1.13. The molecule has 0 aliphatic rings. The number of anilines is 6. The molecule has 0 aliphatic heterocycles. The van der Waals surface area contributed by atoms with Crippen LogP contribution in [0.5, 0.6) is 0 Å². The van der Waals surface area contributed by atoms with E-state index >= 15 is 0 Å². The third-order valence-corrected chi connectivity index (χ3v) is 10.2. The lowest BCUT2D eigenvalue weighted by Gasteiger charge is -2.27. The summed E-state index contributed by atoms with van der Waals surface area (Å²) in [4.78, 5) is 4.65. The van der Waals surface area contributed by atoms with E-state index in [9.17, 15) is 0 Å². The summed E-state index contributed by atoms with van der Waals surface area (Å²) in [5.74, 6) is 0. The average molecular weight is 723 g/mol. The molecule has 0 radical (unpaired) electrons. The molecule has 56 heavy (non-hydrogen) atoms. The van der Waals surface area contributed by atoms with Gasteiger partial charge in [-0.25, -0.2) is 0 Å². The highest BCUT2D eigenvalue weighted by atomic mass is 15.1. The largest absolute Gasteiger partial charge is 0.311 e. The summed E-state index contributed by atoms with van der Waals surface area (Å²) in [7, 11) is 0. The molecule has 0 bridgehead atoms. The van der Waals surface area contributed by atoms with Crippen molar-refractivity contribution < 1.29 is 0 Å². The number of hydrogen-bond acceptors (Lipinski definition) is 2. The quantitative estimate of drug-likeness (QED) is 0.130. The fourth-order valence-electron chi connectivity index (χ4n) is 7.58. The van der Waals surface area contributed by atoms with Gasteiger partial charge in [0.25, 0.3) is 0 Å². The van der Waals surface area contributed by atoms with Gasteiger partial charge in [-0.1, -0.05) is 133 Å². The second kappa shape index (κ2) is 16.2. The summed E-state index contributed by atoms with van der Waals surface area (Å²) < 4.78 is 0. The minimum atomic E-state index is 1.13. The smallest absolute Gasteiger partial charge is 0.0466 e. The molecule has 0 saturated carbocycles. The van der Waals surface area contributed by atoms with Gasteiger partial charge in [-0.2, -0.15) is 0 Å². The van der Waals surface area contributed by atoms with Gasteiger partial charge in [0.15, 0.2) is 0 Å². The minimum Gasteiger partial charge on any atom is -0.311 e. The van der Waals surface area contributed by atoms with E-state index < -0.39 is 0 Å². The number of para-hydroxylation sites is 2. The zero-order valence-electron chi connectivity index (χ0n) is 32.5. The SMILES string of the molecule is Cc1cc(C)cc(N(c2ccc(-c3ccc(/C=C/c4ccc(-c5ccc(N(c6ccccc6)c6ccccc6)cc5)cc4)cc3)cc2)c2cc(C)cc(C)c2)c1. The normalized spacial score (nSPS) is 11.1. The second-order valence-corrected chi connectivity index (χ2v) is 14.7. The second-order valence-electron chi connectivity index (χ2n) is 14.7. The van der Waals surface area contributed by atoms with Crippen molar-refractivity contribution in [1.82, 2.24) is 0 Å². The Morgan fingerprint density at radius 1 is 0.268 bits per heavy atom. The zero-order chi connectivity index (χ0) is 38.4. The lowest BCUT2D eigenvalue weighted by atomic mass is 10.0. The Labute approximate surface area is 332 Å². The lowest BCUT2D eigenvalue weighted by molar-refractivity contribution is 1.23. The van der Waals surface area contributed by atoms with Gasteiger partial charge in [0.2, 0.25) is 0 Å². The Bertz CT molecular complexity index is 2440. The predicted octanol–water partition coefficient (Wildman–Crippen LogP) is 15.4. The van der Waals surface area contributed by atoms with E-state index in [0.717, 1.165) is 22.7 Å². The highest BCUT2D eigenvalue weighted by molar-refractivity contribution is 5.81. The monoisotopic (exact) mass is 722 g/mol. The topological polar surface area (TPSA) is 6.48 Å².